The monoisotopic (exact) mass is 202 g/mol. The highest BCUT2D eigenvalue weighted by atomic mass is 16.2. The first-order valence-corrected chi connectivity index (χ1v) is 4.49. The van der Waals surface area contributed by atoms with Crippen molar-refractivity contribution in [3.63, 3.8) is 0 Å². The lowest BCUT2D eigenvalue weighted by Crippen LogP contribution is -2.12. The third-order valence-corrected chi connectivity index (χ3v) is 1.96. The summed E-state index contributed by atoms with van der Waals surface area (Å²) in [7, 11) is 0. The van der Waals surface area contributed by atoms with Gasteiger partial charge >= 0.3 is 0 Å². The summed E-state index contributed by atoms with van der Waals surface area (Å²) < 4.78 is 0. The lowest BCUT2D eigenvalue weighted by atomic mass is 10.2. The fraction of sp³-hybridized carbons (Fsp3) is 0.100. The molecule has 0 radical (unpaired) electrons. The van der Waals surface area contributed by atoms with Gasteiger partial charge in [0.25, 0.3) is 5.91 Å². The number of carbonyl (C=O) groups excluding carboxylic acids is 1. The summed E-state index contributed by atoms with van der Waals surface area (Å²) >= 11 is 0. The highest BCUT2D eigenvalue weighted by molar-refractivity contribution is 6.02. The van der Waals surface area contributed by atoms with E-state index in [9.17, 15) is 4.79 Å². The Kier molecular flexibility index (Phi) is 2.45. The van der Waals surface area contributed by atoms with Crippen molar-refractivity contribution in [3.05, 3.63) is 41.7 Å². The summed E-state index contributed by atoms with van der Waals surface area (Å²) in [5.74, 6) is -0.271. The molecule has 5 nitrogen and oxygen atoms in total. The Labute approximate surface area is 86.5 Å². The molecule has 5 heteroatoms. The highest BCUT2D eigenvalue weighted by Gasteiger charge is 2.07. The number of nitrogens with one attached hydrogen (secondary N) is 2. The average molecular weight is 202 g/mol. The van der Waals surface area contributed by atoms with E-state index in [2.05, 4.69) is 20.7 Å². The van der Waals surface area contributed by atoms with Crippen LogP contribution in [0.4, 0.5) is 5.69 Å². The van der Waals surface area contributed by atoms with Crippen LogP contribution in [0.1, 0.15) is 16.1 Å². The van der Waals surface area contributed by atoms with Crippen LogP contribution in [-0.4, -0.2) is 21.3 Å². The van der Waals surface area contributed by atoms with Gasteiger partial charge in [0.15, 0.2) is 5.69 Å². The molecule has 0 atom stereocenters. The number of nitrogens with zero attached hydrogens (tertiary/aromatic N) is 2. The van der Waals surface area contributed by atoms with Crippen molar-refractivity contribution >= 4 is 11.6 Å². The quantitative estimate of drug-likeness (QED) is 0.772. The van der Waals surface area contributed by atoms with Gasteiger partial charge in [-0.3, -0.25) is 4.79 Å². The molecule has 0 saturated carbocycles. The summed E-state index contributed by atoms with van der Waals surface area (Å²) in [5, 5.41) is 12.3. The predicted molar refractivity (Wildman–Crippen MR) is 55.5 cm³/mol. The highest BCUT2D eigenvalue weighted by Crippen LogP contribution is 2.09. The van der Waals surface area contributed by atoms with Crippen LogP contribution in [0.15, 0.2) is 30.5 Å². The van der Waals surface area contributed by atoms with Gasteiger partial charge in [-0.05, 0) is 19.1 Å². The lowest BCUT2D eigenvalue weighted by molar-refractivity contribution is 0.102. The fourth-order valence-electron chi connectivity index (χ4n) is 1.14. The smallest absolute Gasteiger partial charge is 0.277 e. The maximum absolute atomic E-state index is 11.5. The Hall–Kier alpha value is -2.17. The zero-order valence-electron chi connectivity index (χ0n) is 8.19. The molecule has 1 aromatic heterocycles. The van der Waals surface area contributed by atoms with Crippen molar-refractivity contribution in [3.8, 4) is 0 Å². The number of hydrogen-bond acceptors (Lipinski definition) is 3. The van der Waals surface area contributed by atoms with Crippen molar-refractivity contribution in [1.29, 1.82) is 0 Å². The molecule has 0 bridgehead atoms. The number of rotatable bonds is 2. The third kappa shape index (κ3) is 2.19. The standard InChI is InChI=1S/C10H10N4O/c1-7-2-4-8(5-3-7)12-10(15)9-6-11-14-13-9/h2-6H,1H3,(H,12,15)(H,11,13,14). The number of aromatic amines is 1. The van der Waals surface area contributed by atoms with Crippen molar-refractivity contribution < 1.29 is 4.79 Å². The maximum Gasteiger partial charge on any atom is 0.277 e. The molecule has 2 N–H and O–H groups in total. The summed E-state index contributed by atoms with van der Waals surface area (Å²) in [5.41, 5.74) is 2.17. The number of anilines is 1. The topological polar surface area (TPSA) is 70.7 Å². The minimum absolute atomic E-state index is 0.271. The van der Waals surface area contributed by atoms with Gasteiger partial charge in [-0.25, -0.2) is 0 Å². The van der Waals surface area contributed by atoms with Gasteiger partial charge in [-0.1, -0.05) is 17.7 Å². The van der Waals surface area contributed by atoms with Crippen molar-refractivity contribution in [1.82, 2.24) is 15.4 Å². The first-order valence-electron chi connectivity index (χ1n) is 4.49. The number of aromatic nitrogens is 3. The predicted octanol–water partition coefficient (Wildman–Crippen LogP) is 1.37. The molecular formula is C10H10N4O. The molecule has 0 aliphatic heterocycles. The zero-order valence-corrected chi connectivity index (χ0v) is 8.19. The number of H-pyrrole nitrogens is 1. The van der Waals surface area contributed by atoms with Crippen LogP contribution < -0.4 is 5.32 Å². The Balaban J connectivity index is 2.09. The van der Waals surface area contributed by atoms with Crippen LogP contribution in [0.5, 0.6) is 0 Å². The van der Waals surface area contributed by atoms with E-state index in [1.807, 2.05) is 31.2 Å². The molecule has 0 unspecified atom stereocenters. The molecule has 15 heavy (non-hydrogen) atoms. The minimum Gasteiger partial charge on any atom is -0.321 e. The molecule has 0 fully saturated rings. The Morgan fingerprint density at radius 1 is 1.33 bits per heavy atom. The van der Waals surface area contributed by atoms with Crippen molar-refractivity contribution in [2.75, 3.05) is 5.32 Å². The summed E-state index contributed by atoms with van der Waals surface area (Å²) in [6.45, 7) is 1.99. The first kappa shape index (κ1) is 9.39. The summed E-state index contributed by atoms with van der Waals surface area (Å²) in [6, 6.07) is 7.54. The van der Waals surface area contributed by atoms with E-state index in [0.717, 1.165) is 11.3 Å². The Morgan fingerprint density at radius 2 is 2.07 bits per heavy atom. The normalized spacial score (nSPS) is 9.93. The minimum atomic E-state index is -0.271. The van der Waals surface area contributed by atoms with Crippen molar-refractivity contribution in [2.45, 2.75) is 6.92 Å². The van der Waals surface area contributed by atoms with E-state index in [0.29, 0.717) is 0 Å². The molecule has 0 aliphatic rings. The van der Waals surface area contributed by atoms with Gasteiger partial charge in [0.05, 0.1) is 6.20 Å². The molecule has 0 aliphatic carbocycles. The van der Waals surface area contributed by atoms with Gasteiger partial charge in [0, 0.05) is 5.69 Å². The van der Waals surface area contributed by atoms with Gasteiger partial charge in [-0.2, -0.15) is 15.4 Å². The van der Waals surface area contributed by atoms with Gasteiger partial charge in [-0.15, -0.1) is 0 Å². The van der Waals surface area contributed by atoms with Gasteiger partial charge < -0.3 is 5.32 Å². The molecule has 0 saturated heterocycles. The van der Waals surface area contributed by atoms with Crippen LogP contribution in [0.3, 0.4) is 0 Å². The SMILES string of the molecule is Cc1ccc(NC(=O)c2cn[nH]n2)cc1. The van der Waals surface area contributed by atoms with E-state index in [-0.39, 0.29) is 11.6 Å². The van der Waals surface area contributed by atoms with Crippen LogP contribution in [0, 0.1) is 6.92 Å². The number of carbonyl (C=O) groups is 1. The van der Waals surface area contributed by atoms with E-state index in [1.165, 1.54) is 6.20 Å². The summed E-state index contributed by atoms with van der Waals surface area (Å²) in [4.78, 5) is 11.5. The molecule has 0 spiro atoms. The van der Waals surface area contributed by atoms with Crippen LogP contribution in [0.2, 0.25) is 0 Å². The molecule has 2 rings (SSSR count). The van der Waals surface area contributed by atoms with E-state index in [4.69, 9.17) is 0 Å². The number of aryl methyl sites for hydroxylation is 1. The third-order valence-electron chi connectivity index (χ3n) is 1.96. The first-order chi connectivity index (χ1) is 7.25. The van der Waals surface area contributed by atoms with Gasteiger partial charge in [0.1, 0.15) is 0 Å². The molecule has 76 valence electrons. The van der Waals surface area contributed by atoms with Crippen LogP contribution in [0.25, 0.3) is 0 Å². The molecule has 1 aromatic carbocycles. The maximum atomic E-state index is 11.5. The second kappa shape index (κ2) is 3.91. The van der Waals surface area contributed by atoms with Crippen molar-refractivity contribution in [2.24, 2.45) is 0 Å². The lowest BCUT2D eigenvalue weighted by Gasteiger charge is -2.02. The number of benzene rings is 1. The van der Waals surface area contributed by atoms with Crippen LogP contribution >= 0.6 is 0 Å². The molecule has 1 amide bonds. The zero-order chi connectivity index (χ0) is 10.7. The molecule has 1 heterocycles. The summed E-state index contributed by atoms with van der Waals surface area (Å²) in [6.07, 6.45) is 1.38. The molecule has 2 aromatic rings. The number of hydrogen-bond donors (Lipinski definition) is 2. The van der Waals surface area contributed by atoms with E-state index in [1.54, 1.807) is 0 Å². The van der Waals surface area contributed by atoms with E-state index >= 15 is 0 Å². The second-order valence-electron chi connectivity index (χ2n) is 3.18. The Bertz CT molecular complexity index is 447. The second-order valence-corrected chi connectivity index (χ2v) is 3.18. The van der Waals surface area contributed by atoms with Crippen LogP contribution in [-0.2, 0) is 0 Å². The largest absolute Gasteiger partial charge is 0.321 e. The average Bonchev–Trinajstić information content (AvgIpc) is 2.74. The molecular weight excluding hydrogens is 192 g/mol. The van der Waals surface area contributed by atoms with Gasteiger partial charge in [0.2, 0.25) is 0 Å². The fourth-order valence-corrected chi connectivity index (χ4v) is 1.14. The van der Waals surface area contributed by atoms with E-state index < -0.39 is 0 Å². The number of amides is 1. The Morgan fingerprint density at radius 3 is 2.67 bits per heavy atom.